The molecular formula is C27H35N3O3. The van der Waals surface area contributed by atoms with Gasteiger partial charge in [-0.2, -0.15) is 0 Å². The Hall–Kier alpha value is -2.60. The predicted octanol–water partition coefficient (Wildman–Crippen LogP) is 4.45. The van der Waals surface area contributed by atoms with Gasteiger partial charge in [-0.25, -0.2) is 0 Å². The van der Waals surface area contributed by atoms with Crippen LogP contribution < -0.4 is 4.74 Å². The first-order valence-corrected chi connectivity index (χ1v) is 12.2. The molecule has 6 nitrogen and oxygen atoms in total. The van der Waals surface area contributed by atoms with Crippen molar-refractivity contribution >= 4 is 11.7 Å². The number of likely N-dealkylation sites (tertiary alicyclic amines) is 2. The number of piperidine rings is 2. The van der Waals surface area contributed by atoms with E-state index in [4.69, 9.17) is 4.74 Å². The van der Waals surface area contributed by atoms with Crippen LogP contribution in [0.3, 0.4) is 0 Å². The van der Waals surface area contributed by atoms with Crippen LogP contribution in [0.25, 0.3) is 0 Å². The zero-order valence-corrected chi connectivity index (χ0v) is 20.1. The number of ether oxygens (including phenoxy) is 1. The molecule has 1 spiro atoms. The number of hydrogen-bond donors (Lipinski definition) is 1. The third-order valence-electron chi connectivity index (χ3n) is 7.91. The van der Waals surface area contributed by atoms with Gasteiger partial charge >= 0.3 is 0 Å². The molecule has 0 bridgehead atoms. The number of para-hydroxylation sites is 1. The summed E-state index contributed by atoms with van der Waals surface area (Å²) in [4.78, 5) is 31.9. The molecule has 2 aromatic rings. The van der Waals surface area contributed by atoms with Gasteiger partial charge in [0.15, 0.2) is 5.78 Å². The smallest absolute Gasteiger partial charge is 0.270 e. The number of aromatic amines is 1. The number of nitrogens with one attached hydrogen (secondary N) is 1. The fourth-order valence-corrected chi connectivity index (χ4v) is 5.81. The molecule has 0 atom stereocenters. The van der Waals surface area contributed by atoms with E-state index < -0.39 is 0 Å². The lowest BCUT2D eigenvalue weighted by Gasteiger charge is -2.47. The second-order valence-electron chi connectivity index (χ2n) is 10.9. The van der Waals surface area contributed by atoms with Gasteiger partial charge in [0.25, 0.3) is 5.91 Å². The number of nitrogens with zero attached hydrogens (tertiary/aromatic N) is 2. The summed E-state index contributed by atoms with van der Waals surface area (Å²) in [7, 11) is 0. The number of amides is 1. The Kier molecular flexibility index (Phi) is 5.60. The van der Waals surface area contributed by atoms with Crippen molar-refractivity contribution in [2.45, 2.75) is 65.0 Å². The van der Waals surface area contributed by atoms with Gasteiger partial charge in [-0.05, 0) is 76.6 Å². The number of fused-ring (bicyclic) bond motifs is 1. The van der Waals surface area contributed by atoms with Gasteiger partial charge in [0.1, 0.15) is 17.0 Å². The van der Waals surface area contributed by atoms with Crippen molar-refractivity contribution in [1.29, 1.82) is 0 Å². The third-order valence-corrected chi connectivity index (χ3v) is 7.91. The Morgan fingerprint density at radius 3 is 2.42 bits per heavy atom. The fourth-order valence-electron chi connectivity index (χ4n) is 5.81. The predicted molar refractivity (Wildman–Crippen MR) is 128 cm³/mol. The Morgan fingerprint density at radius 1 is 1.06 bits per heavy atom. The summed E-state index contributed by atoms with van der Waals surface area (Å²) in [5, 5.41) is 0. The highest BCUT2D eigenvalue weighted by Crippen LogP contribution is 2.43. The number of rotatable bonds is 4. The average Bonchev–Trinajstić information content (AvgIpc) is 3.40. The summed E-state index contributed by atoms with van der Waals surface area (Å²) in [5.41, 5.74) is 3.98. The Labute approximate surface area is 196 Å². The van der Waals surface area contributed by atoms with Crippen molar-refractivity contribution in [2.75, 3.05) is 26.2 Å². The standard InChI is InChI=1S/C27H35N3O3/c1-19(31)22-15-23(28-17-22)25(32)30-13-9-27(10-14-30)7-11-29(12-8-27)18-21-6-4-5-20-16-26(2,3)33-24(20)21/h4-6,15,17,28H,7-14,16,18H2,1-3H3. The van der Waals surface area contributed by atoms with Crippen LogP contribution in [0.2, 0.25) is 0 Å². The summed E-state index contributed by atoms with van der Waals surface area (Å²) in [6.07, 6.45) is 7.11. The molecule has 1 amide bonds. The number of ketones is 1. The van der Waals surface area contributed by atoms with E-state index in [1.807, 2.05) is 4.90 Å². The number of aromatic nitrogens is 1. The molecule has 0 unspecified atom stereocenters. The first kappa shape index (κ1) is 22.2. The minimum absolute atomic E-state index is 0.00985. The molecule has 2 saturated heterocycles. The number of hydrogen-bond acceptors (Lipinski definition) is 4. The van der Waals surface area contributed by atoms with Crippen LogP contribution in [0, 0.1) is 5.41 Å². The molecule has 0 saturated carbocycles. The molecular weight excluding hydrogens is 414 g/mol. The molecule has 1 N–H and O–H groups in total. The zero-order chi connectivity index (χ0) is 23.2. The number of Topliss-reactive ketones (excluding diaryl/α,β-unsaturated/α-hetero) is 1. The van der Waals surface area contributed by atoms with Crippen LogP contribution in [0.4, 0.5) is 0 Å². The number of benzene rings is 1. The minimum Gasteiger partial charge on any atom is -0.487 e. The molecule has 3 aliphatic rings. The highest BCUT2D eigenvalue weighted by molar-refractivity contribution is 5.99. The maximum Gasteiger partial charge on any atom is 0.270 e. The Balaban J connectivity index is 1.15. The van der Waals surface area contributed by atoms with E-state index in [0.717, 1.165) is 57.7 Å². The maximum absolute atomic E-state index is 12.9. The van der Waals surface area contributed by atoms with Crippen LogP contribution in [0.15, 0.2) is 30.5 Å². The van der Waals surface area contributed by atoms with E-state index in [0.29, 0.717) is 16.7 Å². The molecule has 1 aromatic heterocycles. The molecule has 33 heavy (non-hydrogen) atoms. The summed E-state index contributed by atoms with van der Waals surface area (Å²) < 4.78 is 6.28. The molecule has 3 aliphatic heterocycles. The second kappa shape index (κ2) is 8.32. The second-order valence-corrected chi connectivity index (χ2v) is 10.9. The third kappa shape index (κ3) is 4.45. The average molecular weight is 450 g/mol. The van der Waals surface area contributed by atoms with Crippen molar-refractivity contribution in [3.8, 4) is 5.75 Å². The largest absolute Gasteiger partial charge is 0.487 e. The van der Waals surface area contributed by atoms with Crippen LogP contribution in [-0.4, -0.2) is 58.3 Å². The van der Waals surface area contributed by atoms with Gasteiger partial charge in [0.2, 0.25) is 0 Å². The number of carbonyl (C=O) groups is 2. The first-order chi connectivity index (χ1) is 15.7. The summed E-state index contributed by atoms with van der Waals surface area (Å²) in [6.45, 7) is 10.6. The van der Waals surface area contributed by atoms with Crippen molar-refractivity contribution < 1.29 is 14.3 Å². The molecule has 6 heteroatoms. The molecule has 2 fully saturated rings. The van der Waals surface area contributed by atoms with E-state index in [-0.39, 0.29) is 17.3 Å². The van der Waals surface area contributed by atoms with Crippen LogP contribution in [-0.2, 0) is 13.0 Å². The van der Waals surface area contributed by atoms with Gasteiger partial charge in [0, 0.05) is 43.4 Å². The van der Waals surface area contributed by atoms with Gasteiger partial charge in [-0.3, -0.25) is 14.5 Å². The normalized spacial score (nSPS) is 21.6. The maximum atomic E-state index is 12.9. The summed E-state index contributed by atoms with van der Waals surface area (Å²) in [5.74, 6) is 1.09. The molecule has 0 radical (unpaired) electrons. The topological polar surface area (TPSA) is 65.6 Å². The van der Waals surface area contributed by atoms with Gasteiger partial charge < -0.3 is 14.6 Å². The quantitative estimate of drug-likeness (QED) is 0.701. The lowest BCUT2D eigenvalue weighted by Crippen LogP contribution is -2.48. The zero-order valence-electron chi connectivity index (χ0n) is 20.1. The minimum atomic E-state index is -0.108. The van der Waals surface area contributed by atoms with Crippen molar-refractivity contribution in [3.63, 3.8) is 0 Å². The van der Waals surface area contributed by atoms with Gasteiger partial charge in [-0.15, -0.1) is 0 Å². The van der Waals surface area contributed by atoms with E-state index >= 15 is 0 Å². The lowest BCUT2D eigenvalue weighted by atomic mass is 9.71. The summed E-state index contributed by atoms with van der Waals surface area (Å²) in [6, 6.07) is 8.26. The van der Waals surface area contributed by atoms with Crippen LogP contribution in [0.5, 0.6) is 5.75 Å². The van der Waals surface area contributed by atoms with Crippen molar-refractivity contribution in [3.05, 3.63) is 52.8 Å². The van der Waals surface area contributed by atoms with Crippen molar-refractivity contribution in [2.24, 2.45) is 5.41 Å². The molecule has 1 aromatic carbocycles. The van der Waals surface area contributed by atoms with E-state index in [2.05, 4.69) is 41.9 Å². The van der Waals surface area contributed by atoms with Gasteiger partial charge in [-0.1, -0.05) is 18.2 Å². The number of carbonyl (C=O) groups excluding carboxylic acids is 2. The monoisotopic (exact) mass is 449 g/mol. The van der Waals surface area contributed by atoms with Gasteiger partial charge in [0.05, 0.1) is 0 Å². The SMILES string of the molecule is CC(=O)c1c[nH]c(C(=O)N2CCC3(CCN(Cc4cccc5c4OC(C)(C)C5)CC3)CC2)c1. The number of H-pyrrole nitrogens is 1. The lowest BCUT2D eigenvalue weighted by molar-refractivity contribution is 0.0279. The Morgan fingerprint density at radius 2 is 1.76 bits per heavy atom. The summed E-state index contributed by atoms with van der Waals surface area (Å²) >= 11 is 0. The molecule has 4 heterocycles. The van der Waals surface area contributed by atoms with Crippen LogP contribution >= 0.6 is 0 Å². The van der Waals surface area contributed by atoms with E-state index in [1.165, 1.54) is 30.9 Å². The fraction of sp³-hybridized carbons (Fsp3) is 0.556. The highest BCUT2D eigenvalue weighted by Gasteiger charge is 2.39. The highest BCUT2D eigenvalue weighted by atomic mass is 16.5. The molecule has 0 aliphatic carbocycles. The first-order valence-electron chi connectivity index (χ1n) is 12.2. The molecule has 5 rings (SSSR count). The van der Waals surface area contributed by atoms with E-state index in [1.54, 1.807) is 12.3 Å². The van der Waals surface area contributed by atoms with Crippen LogP contribution in [0.1, 0.15) is 78.4 Å². The van der Waals surface area contributed by atoms with E-state index in [9.17, 15) is 9.59 Å². The van der Waals surface area contributed by atoms with Crippen molar-refractivity contribution in [1.82, 2.24) is 14.8 Å². The molecule has 176 valence electrons. The Bertz CT molecular complexity index is 1050.